The first-order valence-corrected chi connectivity index (χ1v) is 13.7. The number of fused-ring (bicyclic) bond motifs is 1. The van der Waals surface area contributed by atoms with Crippen LogP contribution in [-0.2, 0) is 16.0 Å². The van der Waals surface area contributed by atoms with Crippen molar-refractivity contribution in [2.45, 2.75) is 45.1 Å². The number of rotatable bonds is 9. The number of methoxy groups -OCH3 is 1. The fourth-order valence-electron chi connectivity index (χ4n) is 4.85. The number of thiophene rings is 1. The van der Waals surface area contributed by atoms with Crippen molar-refractivity contribution in [1.82, 2.24) is 9.97 Å². The minimum atomic E-state index is -0.393. The number of benzene rings is 2. The van der Waals surface area contributed by atoms with Crippen LogP contribution in [-0.4, -0.2) is 42.2 Å². The zero-order valence-corrected chi connectivity index (χ0v) is 22.7. The lowest BCUT2D eigenvalue weighted by Crippen LogP contribution is -2.27. The Morgan fingerprint density at radius 2 is 2.00 bits per heavy atom. The number of nitrogens with one attached hydrogen (secondary N) is 2. The van der Waals surface area contributed by atoms with Gasteiger partial charge in [0, 0.05) is 46.6 Å². The quantitative estimate of drug-likeness (QED) is 0.248. The van der Waals surface area contributed by atoms with Crippen molar-refractivity contribution >= 4 is 44.8 Å². The van der Waals surface area contributed by atoms with E-state index in [0.717, 1.165) is 63.7 Å². The van der Waals surface area contributed by atoms with Crippen molar-refractivity contribution in [2.24, 2.45) is 5.73 Å². The summed E-state index contributed by atoms with van der Waals surface area (Å²) in [5.74, 6) is 1.10. The van der Waals surface area contributed by atoms with E-state index in [2.05, 4.69) is 47.7 Å². The number of nitrogens with two attached hydrogens (primary N) is 1. The molecule has 0 saturated carbocycles. The molecule has 0 aliphatic carbocycles. The zero-order valence-electron chi connectivity index (χ0n) is 21.9. The number of primary amides is 1. The average molecular weight is 532 g/mol. The van der Waals surface area contributed by atoms with Crippen LogP contribution in [0.4, 0.5) is 17.3 Å². The first-order valence-electron chi connectivity index (χ1n) is 12.9. The van der Waals surface area contributed by atoms with E-state index >= 15 is 0 Å². The summed E-state index contributed by atoms with van der Waals surface area (Å²) in [7, 11) is 1.64. The van der Waals surface area contributed by atoms with Gasteiger partial charge in [0.05, 0.1) is 29.9 Å². The first kappa shape index (κ1) is 25.9. The maximum Gasteiger partial charge on any atom is 0.227 e. The number of ether oxygens (including phenoxy) is 2. The molecule has 1 aliphatic rings. The largest absolute Gasteiger partial charge is 0.496 e. The van der Waals surface area contributed by atoms with Crippen LogP contribution in [0.2, 0.25) is 0 Å². The van der Waals surface area contributed by atoms with Gasteiger partial charge in [0.25, 0.3) is 0 Å². The van der Waals surface area contributed by atoms with Crippen LogP contribution in [0, 0.1) is 0 Å². The van der Waals surface area contributed by atoms with Gasteiger partial charge in [-0.25, -0.2) is 9.97 Å². The van der Waals surface area contributed by atoms with Gasteiger partial charge in [-0.1, -0.05) is 32.0 Å². The predicted octanol–water partition coefficient (Wildman–Crippen LogP) is 5.85. The molecule has 2 aromatic carbocycles. The third-order valence-electron chi connectivity index (χ3n) is 6.73. The number of carbonyl (C=O) groups is 1. The van der Waals surface area contributed by atoms with Crippen LogP contribution in [0.3, 0.4) is 0 Å². The summed E-state index contributed by atoms with van der Waals surface area (Å²) >= 11 is 1.48. The van der Waals surface area contributed by atoms with Crippen molar-refractivity contribution in [3.05, 3.63) is 59.1 Å². The molecule has 4 N–H and O–H groups in total. The lowest BCUT2D eigenvalue weighted by molar-refractivity contribution is -0.117. The molecule has 5 rings (SSSR count). The Morgan fingerprint density at radius 3 is 2.74 bits per heavy atom. The summed E-state index contributed by atoms with van der Waals surface area (Å²) in [4.78, 5) is 22.2. The molecule has 0 atom stereocenters. The Hall–Kier alpha value is -3.69. The molecule has 0 spiro atoms. The molecule has 3 heterocycles. The molecule has 0 bridgehead atoms. The van der Waals surface area contributed by atoms with E-state index in [-0.39, 0.29) is 6.42 Å². The second-order valence-electron chi connectivity index (χ2n) is 9.76. The number of hydrogen-bond donors (Lipinski definition) is 3. The smallest absolute Gasteiger partial charge is 0.227 e. The second-order valence-corrected chi connectivity index (χ2v) is 10.9. The maximum atomic E-state index is 11.9. The Kier molecular flexibility index (Phi) is 7.76. The summed E-state index contributed by atoms with van der Waals surface area (Å²) < 4.78 is 12.0. The highest BCUT2D eigenvalue weighted by Gasteiger charge is 2.21. The second kappa shape index (κ2) is 11.4. The van der Waals surface area contributed by atoms with E-state index in [1.54, 1.807) is 13.3 Å². The minimum Gasteiger partial charge on any atom is -0.496 e. The molecule has 1 saturated heterocycles. The van der Waals surface area contributed by atoms with Crippen LogP contribution in [0.25, 0.3) is 21.3 Å². The van der Waals surface area contributed by atoms with E-state index < -0.39 is 5.91 Å². The van der Waals surface area contributed by atoms with Gasteiger partial charge in [-0.3, -0.25) is 4.79 Å². The monoisotopic (exact) mass is 531 g/mol. The van der Waals surface area contributed by atoms with Gasteiger partial charge >= 0.3 is 0 Å². The van der Waals surface area contributed by atoms with Crippen LogP contribution >= 0.6 is 11.3 Å². The molecule has 0 unspecified atom stereocenters. The van der Waals surface area contributed by atoms with Crippen molar-refractivity contribution < 1.29 is 14.3 Å². The highest BCUT2D eigenvalue weighted by atomic mass is 32.1. The average Bonchev–Trinajstić information content (AvgIpc) is 3.26. The van der Waals surface area contributed by atoms with Crippen molar-refractivity contribution in [3.63, 3.8) is 0 Å². The number of anilines is 3. The van der Waals surface area contributed by atoms with E-state index in [1.807, 2.05) is 24.3 Å². The Labute approximate surface area is 226 Å². The summed E-state index contributed by atoms with van der Waals surface area (Å²) in [5, 5.41) is 7.10. The lowest BCUT2D eigenvalue weighted by atomic mass is 9.99. The Balaban J connectivity index is 1.51. The van der Waals surface area contributed by atoms with Crippen molar-refractivity contribution in [1.29, 1.82) is 0 Å². The van der Waals surface area contributed by atoms with Gasteiger partial charge in [-0.15, -0.1) is 11.3 Å². The number of aromatic nitrogens is 2. The van der Waals surface area contributed by atoms with Crippen molar-refractivity contribution in [2.75, 3.05) is 31.0 Å². The van der Waals surface area contributed by atoms with Gasteiger partial charge in [0.1, 0.15) is 5.75 Å². The topological polar surface area (TPSA) is 111 Å². The summed E-state index contributed by atoms with van der Waals surface area (Å²) in [6, 6.07) is 14.5. The molecule has 9 heteroatoms. The first-order chi connectivity index (χ1) is 18.4. The summed E-state index contributed by atoms with van der Waals surface area (Å²) in [6.45, 7) is 5.96. The van der Waals surface area contributed by atoms with Gasteiger partial charge in [0.15, 0.2) is 0 Å². The summed E-state index contributed by atoms with van der Waals surface area (Å²) in [6.07, 6.45) is 3.95. The Bertz CT molecular complexity index is 1450. The van der Waals surface area contributed by atoms with Crippen LogP contribution < -0.4 is 21.1 Å². The molecule has 2 aromatic heterocycles. The number of para-hydroxylation sites is 1. The zero-order chi connectivity index (χ0) is 26.6. The van der Waals surface area contributed by atoms with Crippen LogP contribution in [0.1, 0.15) is 43.0 Å². The fourth-order valence-corrected chi connectivity index (χ4v) is 5.99. The number of nitrogens with zero attached hydrogens (tertiary/aromatic N) is 2. The van der Waals surface area contributed by atoms with E-state index in [9.17, 15) is 4.79 Å². The molecule has 1 fully saturated rings. The van der Waals surface area contributed by atoms with Gasteiger partial charge in [0.2, 0.25) is 11.9 Å². The number of hydrogen-bond acceptors (Lipinski definition) is 8. The number of amides is 1. The summed E-state index contributed by atoms with van der Waals surface area (Å²) in [5.41, 5.74) is 11.3. The van der Waals surface area contributed by atoms with E-state index in [0.29, 0.717) is 23.7 Å². The predicted molar refractivity (Wildman–Crippen MR) is 154 cm³/mol. The molecule has 8 nitrogen and oxygen atoms in total. The molecule has 4 aromatic rings. The highest BCUT2D eigenvalue weighted by Crippen LogP contribution is 2.42. The van der Waals surface area contributed by atoms with E-state index in [4.69, 9.17) is 20.2 Å². The van der Waals surface area contributed by atoms with Crippen molar-refractivity contribution in [3.8, 4) is 16.9 Å². The molecular weight excluding hydrogens is 498 g/mol. The van der Waals surface area contributed by atoms with Crippen LogP contribution in [0.5, 0.6) is 5.75 Å². The fraction of sp³-hybridized carbons (Fsp3) is 0.345. The maximum absolute atomic E-state index is 11.9. The minimum absolute atomic E-state index is 0.121. The normalized spacial score (nSPS) is 14.1. The molecule has 38 heavy (non-hydrogen) atoms. The number of carbonyl (C=O) groups excluding carboxylic acids is 1. The Morgan fingerprint density at radius 1 is 1.21 bits per heavy atom. The molecule has 1 amide bonds. The highest BCUT2D eigenvalue weighted by molar-refractivity contribution is 7.19. The molecular formula is C29H33N5O3S. The van der Waals surface area contributed by atoms with E-state index in [1.165, 1.54) is 16.9 Å². The molecule has 0 radical (unpaired) electrons. The lowest BCUT2D eigenvalue weighted by Gasteiger charge is -2.25. The van der Waals surface area contributed by atoms with Gasteiger partial charge in [-0.2, -0.15) is 0 Å². The van der Waals surface area contributed by atoms with Gasteiger partial charge in [-0.05, 0) is 48.6 Å². The van der Waals surface area contributed by atoms with Crippen LogP contribution in [0.15, 0.2) is 48.7 Å². The standard InChI is InChI=1S/C29H33N5O3S/c1-17(2)21-14-19(32-18-10-12-37-13-11-18)8-9-22(21)33-29-31-16-25-28(34-29)27(24(38-25)15-26(30)35)20-6-4-5-7-23(20)36-3/h4-9,14,16-18,32H,10-13,15H2,1-3H3,(H2,30,35)(H,31,33,34). The third kappa shape index (κ3) is 5.58. The SMILES string of the molecule is COc1ccccc1-c1c(CC(N)=O)sc2cnc(Nc3ccc(NC4CCOCC4)cc3C(C)C)nc12. The van der Waals surface area contributed by atoms with Gasteiger partial charge < -0.3 is 25.8 Å². The molecule has 1 aliphatic heterocycles. The molecule has 198 valence electrons. The third-order valence-corrected chi connectivity index (χ3v) is 7.84.